The van der Waals surface area contributed by atoms with Gasteiger partial charge in [-0.15, -0.1) is 11.3 Å². The first-order valence-electron chi connectivity index (χ1n) is 14.5. The van der Waals surface area contributed by atoms with Crippen molar-refractivity contribution in [3.8, 4) is 17.2 Å². The molecule has 2 heterocycles. The molecule has 0 fully saturated rings. The van der Waals surface area contributed by atoms with E-state index in [1.54, 1.807) is 0 Å². The lowest BCUT2D eigenvalue weighted by molar-refractivity contribution is 0.402. The highest BCUT2D eigenvalue weighted by Gasteiger charge is 2.47. The first kappa shape index (κ1) is 24.4. The van der Waals surface area contributed by atoms with Gasteiger partial charge in [-0.25, -0.2) is 0 Å². The van der Waals surface area contributed by atoms with Crippen LogP contribution < -0.4 is 4.90 Å². The molecule has 0 radical (unpaired) electrons. The van der Waals surface area contributed by atoms with Crippen LogP contribution in [0.15, 0.2) is 121 Å². The molecule has 2 aliphatic carbocycles. The van der Waals surface area contributed by atoms with Crippen LogP contribution in [-0.4, -0.2) is 6.04 Å². The minimum Gasteiger partial charge on any atom is -0.333 e. The summed E-state index contributed by atoms with van der Waals surface area (Å²) >= 11 is 1.87. The van der Waals surface area contributed by atoms with E-state index in [-0.39, 0.29) is 5.41 Å². The summed E-state index contributed by atoms with van der Waals surface area (Å²) < 4.78 is 2.64. The maximum atomic E-state index is 9.23. The highest BCUT2D eigenvalue weighted by atomic mass is 32.1. The molecule has 0 saturated heterocycles. The Bertz CT molecular complexity index is 1980. The van der Waals surface area contributed by atoms with Gasteiger partial charge in [-0.05, 0) is 78.4 Å². The second-order valence-electron chi connectivity index (χ2n) is 11.8. The number of nitrogens with zero attached hydrogens (tertiary/aromatic N) is 2. The summed E-state index contributed by atoms with van der Waals surface area (Å²) in [5.41, 5.74) is 8.77. The zero-order valence-electron chi connectivity index (χ0n) is 23.0. The molecule has 1 aliphatic heterocycles. The Labute approximate surface area is 245 Å². The number of allylic oxidation sites excluding steroid dienone is 5. The monoisotopic (exact) mass is 546 g/mol. The lowest BCUT2D eigenvalue weighted by atomic mass is 9.72. The summed E-state index contributed by atoms with van der Waals surface area (Å²) in [5.74, 6) is 0.309. The van der Waals surface area contributed by atoms with Gasteiger partial charge in [-0.3, -0.25) is 0 Å². The Balaban J connectivity index is 1.25. The van der Waals surface area contributed by atoms with Gasteiger partial charge in [0.1, 0.15) is 0 Å². The van der Waals surface area contributed by atoms with Crippen molar-refractivity contribution < 1.29 is 0 Å². The summed E-state index contributed by atoms with van der Waals surface area (Å²) in [4.78, 5) is 2.59. The third kappa shape index (κ3) is 3.75. The predicted molar refractivity (Wildman–Crippen MR) is 173 cm³/mol. The molecule has 198 valence electrons. The van der Waals surface area contributed by atoms with Crippen LogP contribution in [0, 0.1) is 11.3 Å². The molecule has 3 atom stereocenters. The fraction of sp³-hybridized carbons (Fsp3) is 0.184. The van der Waals surface area contributed by atoms with Gasteiger partial charge in [0.2, 0.25) is 0 Å². The molecule has 4 aromatic carbocycles. The molecule has 0 N–H and O–H groups in total. The molecule has 0 bridgehead atoms. The molecular weight excluding hydrogens is 516 g/mol. The first-order chi connectivity index (χ1) is 20.1. The summed E-state index contributed by atoms with van der Waals surface area (Å²) in [5, 5.41) is 11.9. The van der Waals surface area contributed by atoms with E-state index in [4.69, 9.17) is 0 Å². The molecule has 1 aromatic heterocycles. The topological polar surface area (TPSA) is 27.0 Å². The zero-order valence-corrected chi connectivity index (χ0v) is 23.9. The van der Waals surface area contributed by atoms with Gasteiger partial charge in [0, 0.05) is 54.0 Å². The van der Waals surface area contributed by atoms with E-state index in [9.17, 15) is 5.26 Å². The number of rotatable bonds is 3. The van der Waals surface area contributed by atoms with E-state index in [1.807, 2.05) is 17.4 Å². The van der Waals surface area contributed by atoms with Crippen LogP contribution >= 0.6 is 11.3 Å². The first-order valence-corrected chi connectivity index (χ1v) is 15.4. The molecule has 0 saturated carbocycles. The van der Waals surface area contributed by atoms with Crippen LogP contribution in [-0.2, 0) is 5.41 Å². The van der Waals surface area contributed by atoms with E-state index in [0.717, 1.165) is 18.4 Å². The van der Waals surface area contributed by atoms with Gasteiger partial charge < -0.3 is 4.90 Å². The van der Waals surface area contributed by atoms with Crippen molar-refractivity contribution in [3.63, 3.8) is 0 Å². The molecule has 2 nitrogen and oxygen atoms in total. The van der Waals surface area contributed by atoms with Crippen LogP contribution in [0.5, 0.6) is 0 Å². The van der Waals surface area contributed by atoms with Crippen LogP contribution in [0.4, 0.5) is 11.4 Å². The van der Waals surface area contributed by atoms with Gasteiger partial charge in [0.25, 0.3) is 0 Å². The van der Waals surface area contributed by atoms with Crippen LogP contribution in [0.25, 0.3) is 31.3 Å². The van der Waals surface area contributed by atoms with Gasteiger partial charge in [0.15, 0.2) is 0 Å². The van der Waals surface area contributed by atoms with Crippen molar-refractivity contribution in [3.05, 3.63) is 132 Å². The highest BCUT2D eigenvalue weighted by molar-refractivity contribution is 7.25. The lowest BCUT2D eigenvalue weighted by Crippen LogP contribution is -2.41. The number of thiophene rings is 1. The van der Waals surface area contributed by atoms with Crippen molar-refractivity contribution in [1.82, 2.24) is 0 Å². The number of hydrogen-bond acceptors (Lipinski definition) is 3. The van der Waals surface area contributed by atoms with Crippen LogP contribution in [0.2, 0.25) is 0 Å². The van der Waals surface area contributed by atoms with Crippen molar-refractivity contribution in [2.75, 3.05) is 4.90 Å². The second kappa shape index (κ2) is 9.33. The average Bonchev–Trinajstić information content (AvgIpc) is 3.52. The molecule has 0 spiro atoms. The molecule has 3 aliphatic rings. The molecule has 3 heteroatoms. The van der Waals surface area contributed by atoms with E-state index >= 15 is 0 Å². The third-order valence-corrected chi connectivity index (χ3v) is 10.6. The SMILES string of the molecule is CC12CCC=CC1N(c1ccccc1-c1ccc3sc4ccc(C5C=CC(C#N)=CC5)cc4c3c1)c1ccccc12. The normalized spacial score (nSPS) is 22.9. The maximum Gasteiger partial charge on any atom is 0.0988 e. The molecule has 41 heavy (non-hydrogen) atoms. The van der Waals surface area contributed by atoms with Crippen molar-refractivity contribution in [1.29, 1.82) is 5.26 Å². The summed E-state index contributed by atoms with van der Waals surface area (Å²) in [6.45, 7) is 2.45. The highest BCUT2D eigenvalue weighted by Crippen LogP contribution is 2.54. The van der Waals surface area contributed by atoms with E-state index in [1.165, 1.54) is 60.2 Å². The standard InChI is InChI=1S/C38H30N2S/c1-38-21-7-6-12-37(38)40(34-11-5-3-9-32(34)38)33-10-4-2-8-29(33)28-18-20-36-31(23-28)30-22-27(17-19-35(30)41-36)26-15-13-25(24-39)14-16-26/h2-6,8-15,17-20,22-23,26,37H,7,16,21H2,1H3. The fourth-order valence-corrected chi connectivity index (χ4v) is 8.37. The van der Waals surface area contributed by atoms with Gasteiger partial charge in [0.05, 0.1) is 12.1 Å². The second-order valence-corrected chi connectivity index (χ2v) is 12.9. The molecule has 8 rings (SSSR count). The van der Waals surface area contributed by atoms with Crippen LogP contribution in [0.3, 0.4) is 0 Å². The van der Waals surface area contributed by atoms with Crippen molar-refractivity contribution in [2.24, 2.45) is 0 Å². The fourth-order valence-electron chi connectivity index (χ4n) is 7.30. The average molecular weight is 547 g/mol. The largest absolute Gasteiger partial charge is 0.333 e. The van der Waals surface area contributed by atoms with Crippen LogP contribution in [0.1, 0.15) is 43.2 Å². The molecule has 0 amide bonds. The van der Waals surface area contributed by atoms with Gasteiger partial charge in [-0.1, -0.05) is 79.8 Å². The minimum absolute atomic E-state index is 0.110. The minimum atomic E-state index is 0.110. The number of para-hydroxylation sites is 2. The number of anilines is 2. The quantitative estimate of drug-likeness (QED) is 0.211. The van der Waals surface area contributed by atoms with E-state index in [2.05, 4.69) is 127 Å². The van der Waals surface area contributed by atoms with E-state index < -0.39 is 0 Å². The van der Waals surface area contributed by atoms with Gasteiger partial charge >= 0.3 is 0 Å². The Morgan fingerprint density at radius 3 is 2.49 bits per heavy atom. The van der Waals surface area contributed by atoms with Gasteiger partial charge in [-0.2, -0.15) is 5.26 Å². The number of fused-ring (bicyclic) bond motifs is 6. The third-order valence-electron chi connectivity index (χ3n) is 9.48. The Morgan fingerprint density at radius 1 is 0.878 bits per heavy atom. The Morgan fingerprint density at radius 2 is 1.66 bits per heavy atom. The summed E-state index contributed by atoms with van der Waals surface area (Å²) in [6.07, 6.45) is 14.2. The Kier molecular flexibility index (Phi) is 5.56. The predicted octanol–water partition coefficient (Wildman–Crippen LogP) is 10.3. The summed E-state index contributed by atoms with van der Waals surface area (Å²) in [6, 6.07) is 34.4. The number of hydrogen-bond donors (Lipinski definition) is 0. The van der Waals surface area contributed by atoms with Crippen molar-refractivity contribution in [2.45, 2.75) is 43.6 Å². The lowest BCUT2D eigenvalue weighted by Gasteiger charge is -2.38. The summed E-state index contributed by atoms with van der Waals surface area (Å²) in [7, 11) is 0. The number of nitriles is 1. The molecular formula is C38H30N2S. The smallest absolute Gasteiger partial charge is 0.0988 e. The number of benzene rings is 4. The van der Waals surface area contributed by atoms with Crippen molar-refractivity contribution >= 4 is 42.9 Å². The molecule has 5 aromatic rings. The van der Waals surface area contributed by atoms with E-state index in [0.29, 0.717) is 12.0 Å². The Hall–Kier alpha value is -4.39. The maximum absolute atomic E-state index is 9.23. The zero-order chi connectivity index (χ0) is 27.6. The molecule has 3 unspecified atom stereocenters.